The number of hydrogen-bond acceptors (Lipinski definition) is 7. The summed E-state index contributed by atoms with van der Waals surface area (Å²) in [6.07, 6.45) is 5.76. The molecule has 0 amide bonds. The molecule has 3 heterocycles. The lowest BCUT2D eigenvalue weighted by atomic mass is 9.99. The number of anilines is 3. The van der Waals surface area contributed by atoms with Crippen molar-refractivity contribution in [3.8, 4) is 5.69 Å². The lowest BCUT2D eigenvalue weighted by Gasteiger charge is -2.29. The first-order valence-electron chi connectivity index (χ1n) is 10.5. The van der Waals surface area contributed by atoms with Crippen LogP contribution >= 0.6 is 23.2 Å². The summed E-state index contributed by atoms with van der Waals surface area (Å²) in [5, 5.41) is 7.25. The smallest absolute Gasteiger partial charge is 0.292 e. The van der Waals surface area contributed by atoms with E-state index in [0.29, 0.717) is 31.7 Å². The van der Waals surface area contributed by atoms with Gasteiger partial charge in [-0.05, 0) is 55.6 Å². The molecular weight excluding hydrogens is 470 g/mol. The number of rotatable bonds is 7. The zero-order chi connectivity index (χ0) is 23.4. The fraction of sp³-hybridized carbons (Fsp3) is 0.364. The summed E-state index contributed by atoms with van der Waals surface area (Å²) in [6, 6.07) is 7.25. The standard InChI is InChI=1S/C22H23Cl2FN6O2/c1-2-30(17-10-26-21(24)27-11-17)15-4-6-16(7-5-15)31-20(32)19(23)18(12-29-31)28-13-22(25)8-3-9-33-14-22/h4-7,10-12,28H,2-3,8-9,13-14H2,1H3/t22-/m0/s1. The van der Waals surface area contributed by atoms with Gasteiger partial charge in [0.2, 0.25) is 5.28 Å². The molecule has 0 radical (unpaired) electrons. The predicted molar refractivity (Wildman–Crippen MR) is 127 cm³/mol. The average Bonchev–Trinajstić information content (AvgIpc) is 2.83. The number of hydrogen-bond donors (Lipinski definition) is 1. The second kappa shape index (κ2) is 10.0. The molecule has 8 nitrogen and oxygen atoms in total. The minimum atomic E-state index is -1.49. The Morgan fingerprint density at radius 1 is 1.18 bits per heavy atom. The van der Waals surface area contributed by atoms with Crippen LogP contribution in [0.4, 0.5) is 21.5 Å². The van der Waals surface area contributed by atoms with Crippen LogP contribution in [0.5, 0.6) is 0 Å². The van der Waals surface area contributed by atoms with Crippen molar-refractivity contribution in [2.24, 2.45) is 0 Å². The molecule has 4 rings (SSSR count). The summed E-state index contributed by atoms with van der Waals surface area (Å²) >= 11 is 12.1. The third-order valence-corrected chi connectivity index (χ3v) is 5.99. The van der Waals surface area contributed by atoms with Crippen molar-refractivity contribution in [2.45, 2.75) is 25.4 Å². The van der Waals surface area contributed by atoms with E-state index < -0.39 is 11.2 Å². The van der Waals surface area contributed by atoms with Crippen molar-refractivity contribution in [3.05, 3.63) is 63.5 Å². The Bertz CT molecular complexity index is 1150. The maximum absolute atomic E-state index is 14.8. The van der Waals surface area contributed by atoms with Crippen molar-refractivity contribution < 1.29 is 9.13 Å². The molecule has 0 bridgehead atoms. The van der Waals surface area contributed by atoms with E-state index >= 15 is 0 Å². The van der Waals surface area contributed by atoms with Crippen LogP contribution in [0.25, 0.3) is 5.69 Å². The first kappa shape index (κ1) is 23.4. The first-order valence-corrected chi connectivity index (χ1v) is 11.3. The Kier molecular flexibility index (Phi) is 7.11. The Balaban J connectivity index is 1.52. The zero-order valence-electron chi connectivity index (χ0n) is 18.0. The highest BCUT2D eigenvalue weighted by molar-refractivity contribution is 6.33. The number of aromatic nitrogens is 4. The van der Waals surface area contributed by atoms with E-state index in [1.54, 1.807) is 24.5 Å². The van der Waals surface area contributed by atoms with E-state index in [1.807, 2.05) is 24.0 Å². The SMILES string of the molecule is CCN(c1ccc(-n2ncc(NC[C@@]3(F)CCCOC3)c(Cl)c2=O)cc1)c1cnc(Cl)nc1. The van der Waals surface area contributed by atoms with Gasteiger partial charge in [0, 0.05) is 18.8 Å². The summed E-state index contributed by atoms with van der Waals surface area (Å²) in [6.45, 7) is 3.25. The van der Waals surface area contributed by atoms with Gasteiger partial charge in [-0.25, -0.2) is 14.4 Å². The molecule has 1 aliphatic heterocycles. The van der Waals surface area contributed by atoms with Crippen LogP contribution in [0.1, 0.15) is 19.8 Å². The van der Waals surface area contributed by atoms with Gasteiger partial charge in [-0.3, -0.25) is 4.79 Å². The number of nitrogens with one attached hydrogen (secondary N) is 1. The van der Waals surface area contributed by atoms with Crippen LogP contribution in [0.15, 0.2) is 47.7 Å². The van der Waals surface area contributed by atoms with E-state index in [2.05, 4.69) is 20.4 Å². The molecule has 33 heavy (non-hydrogen) atoms. The second-order valence-corrected chi connectivity index (χ2v) is 8.44. The molecule has 0 spiro atoms. The zero-order valence-corrected chi connectivity index (χ0v) is 19.5. The topological polar surface area (TPSA) is 85.2 Å². The minimum Gasteiger partial charge on any atom is -0.379 e. The molecule has 1 aromatic carbocycles. The molecule has 0 unspecified atom stereocenters. The van der Waals surface area contributed by atoms with Crippen LogP contribution in [0.2, 0.25) is 10.3 Å². The van der Waals surface area contributed by atoms with E-state index in [9.17, 15) is 9.18 Å². The quantitative estimate of drug-likeness (QED) is 0.488. The molecule has 3 aromatic rings. The lowest BCUT2D eigenvalue weighted by Crippen LogP contribution is -2.40. The van der Waals surface area contributed by atoms with Crippen LogP contribution in [0.3, 0.4) is 0 Å². The van der Waals surface area contributed by atoms with Crippen molar-refractivity contribution >= 4 is 40.3 Å². The third kappa shape index (κ3) is 5.26. The van der Waals surface area contributed by atoms with Gasteiger partial charge in [-0.1, -0.05) is 11.6 Å². The van der Waals surface area contributed by atoms with E-state index in [1.165, 1.54) is 10.9 Å². The number of ether oxygens (including phenoxy) is 1. The van der Waals surface area contributed by atoms with Gasteiger partial charge in [0.1, 0.15) is 5.02 Å². The number of nitrogens with zero attached hydrogens (tertiary/aromatic N) is 5. The van der Waals surface area contributed by atoms with Crippen molar-refractivity contribution in [2.75, 3.05) is 36.5 Å². The van der Waals surface area contributed by atoms with Gasteiger partial charge < -0.3 is 15.0 Å². The highest BCUT2D eigenvalue weighted by Crippen LogP contribution is 2.27. The average molecular weight is 493 g/mol. The Morgan fingerprint density at radius 2 is 1.91 bits per heavy atom. The molecule has 1 aliphatic rings. The summed E-state index contributed by atoms with van der Waals surface area (Å²) in [4.78, 5) is 22.9. The van der Waals surface area contributed by atoms with Crippen LogP contribution in [0, 0.1) is 0 Å². The molecule has 1 atom stereocenters. The van der Waals surface area contributed by atoms with Crippen LogP contribution in [-0.4, -0.2) is 51.7 Å². The summed E-state index contributed by atoms with van der Waals surface area (Å²) in [5.74, 6) is 0. The monoisotopic (exact) mass is 492 g/mol. The summed E-state index contributed by atoms with van der Waals surface area (Å²) in [5.41, 5.74) is 0.512. The van der Waals surface area contributed by atoms with Crippen molar-refractivity contribution in [3.63, 3.8) is 0 Å². The van der Waals surface area contributed by atoms with Gasteiger partial charge >= 0.3 is 0 Å². The molecule has 1 N–H and O–H groups in total. The number of alkyl halides is 1. The highest BCUT2D eigenvalue weighted by Gasteiger charge is 2.32. The van der Waals surface area contributed by atoms with Gasteiger partial charge in [-0.15, -0.1) is 0 Å². The van der Waals surface area contributed by atoms with E-state index in [-0.39, 0.29) is 29.1 Å². The molecular formula is C22H23Cl2FN6O2. The van der Waals surface area contributed by atoms with Gasteiger partial charge in [0.05, 0.1) is 48.8 Å². The molecule has 1 saturated heterocycles. The lowest BCUT2D eigenvalue weighted by molar-refractivity contribution is -0.0234. The van der Waals surface area contributed by atoms with E-state index in [0.717, 1.165) is 11.4 Å². The van der Waals surface area contributed by atoms with Crippen LogP contribution < -0.4 is 15.8 Å². The molecule has 0 aliphatic carbocycles. The summed E-state index contributed by atoms with van der Waals surface area (Å²) < 4.78 is 21.2. The van der Waals surface area contributed by atoms with Gasteiger partial charge in [0.25, 0.3) is 5.56 Å². The third-order valence-electron chi connectivity index (χ3n) is 5.43. The van der Waals surface area contributed by atoms with E-state index in [4.69, 9.17) is 27.9 Å². The fourth-order valence-corrected chi connectivity index (χ4v) is 3.98. The Morgan fingerprint density at radius 3 is 2.55 bits per heavy atom. The molecule has 2 aromatic heterocycles. The van der Waals surface area contributed by atoms with Crippen LogP contribution in [-0.2, 0) is 4.74 Å². The highest BCUT2D eigenvalue weighted by atomic mass is 35.5. The first-order chi connectivity index (χ1) is 15.9. The van der Waals surface area contributed by atoms with Crippen molar-refractivity contribution in [1.82, 2.24) is 19.7 Å². The number of benzene rings is 1. The maximum atomic E-state index is 14.8. The second-order valence-electron chi connectivity index (χ2n) is 7.72. The maximum Gasteiger partial charge on any atom is 0.292 e. The van der Waals surface area contributed by atoms with Gasteiger partial charge in [-0.2, -0.15) is 9.78 Å². The normalized spacial score (nSPS) is 18.2. The number of halogens is 3. The minimum absolute atomic E-state index is 0.00614. The Hall–Kier alpha value is -2.75. The molecule has 11 heteroatoms. The molecule has 1 fully saturated rings. The van der Waals surface area contributed by atoms with Crippen molar-refractivity contribution in [1.29, 1.82) is 0 Å². The molecule has 0 saturated carbocycles. The summed E-state index contributed by atoms with van der Waals surface area (Å²) in [7, 11) is 0. The predicted octanol–water partition coefficient (Wildman–Crippen LogP) is 4.42. The molecule has 174 valence electrons. The fourth-order valence-electron chi connectivity index (χ4n) is 3.68. The van der Waals surface area contributed by atoms with Gasteiger partial charge in [0.15, 0.2) is 5.67 Å². The largest absolute Gasteiger partial charge is 0.379 e. The Labute approximate surface area is 200 Å².